The van der Waals surface area contributed by atoms with Crippen LogP contribution in [-0.2, 0) is 0 Å². The van der Waals surface area contributed by atoms with Gasteiger partial charge in [0.15, 0.2) is 0 Å². The molecule has 1 aromatic heterocycles. The van der Waals surface area contributed by atoms with Crippen LogP contribution in [0.25, 0.3) is 0 Å². The lowest BCUT2D eigenvalue weighted by Crippen LogP contribution is -2.03. The predicted molar refractivity (Wildman–Crippen MR) is 70.8 cm³/mol. The van der Waals surface area contributed by atoms with E-state index in [0.717, 1.165) is 11.3 Å². The van der Waals surface area contributed by atoms with Crippen LogP contribution in [0.2, 0.25) is 0 Å². The number of aryl methyl sites for hydroxylation is 1. The summed E-state index contributed by atoms with van der Waals surface area (Å²) < 4.78 is 0. The first-order valence-electron chi connectivity index (χ1n) is 5.52. The van der Waals surface area contributed by atoms with Crippen molar-refractivity contribution in [3.8, 4) is 6.07 Å². The number of nitriles is 1. The summed E-state index contributed by atoms with van der Waals surface area (Å²) >= 11 is 0. The Balaban J connectivity index is 2.37. The maximum absolute atomic E-state index is 9.03. The van der Waals surface area contributed by atoms with Crippen molar-refractivity contribution >= 4 is 17.5 Å². The highest BCUT2D eigenvalue weighted by atomic mass is 15.1. The Hall–Kier alpha value is -2.61. The van der Waals surface area contributed by atoms with Gasteiger partial charge in [-0.05, 0) is 19.1 Å². The third-order valence-corrected chi connectivity index (χ3v) is 2.50. The molecule has 2 aromatic rings. The highest BCUT2D eigenvalue weighted by molar-refractivity contribution is 5.66. The van der Waals surface area contributed by atoms with Crippen molar-refractivity contribution in [2.75, 3.05) is 17.7 Å². The van der Waals surface area contributed by atoms with Crippen LogP contribution >= 0.6 is 0 Å². The molecule has 0 saturated carbocycles. The molecular formula is C13H13N5. The Morgan fingerprint density at radius 2 is 2.06 bits per heavy atom. The van der Waals surface area contributed by atoms with Crippen LogP contribution < -0.4 is 10.6 Å². The Bertz CT molecular complexity index is 601. The van der Waals surface area contributed by atoms with E-state index in [1.165, 1.54) is 0 Å². The average Bonchev–Trinajstić information content (AvgIpc) is 2.42. The number of aromatic nitrogens is 2. The van der Waals surface area contributed by atoms with Crippen LogP contribution in [0.3, 0.4) is 0 Å². The fourth-order valence-electron chi connectivity index (χ4n) is 1.51. The molecule has 0 saturated heterocycles. The molecule has 0 spiro atoms. The van der Waals surface area contributed by atoms with E-state index in [1.54, 1.807) is 19.3 Å². The van der Waals surface area contributed by atoms with E-state index >= 15 is 0 Å². The number of anilines is 3. The van der Waals surface area contributed by atoms with Crippen LogP contribution in [0, 0.1) is 18.3 Å². The first-order valence-corrected chi connectivity index (χ1v) is 5.52. The molecule has 0 aliphatic heterocycles. The zero-order chi connectivity index (χ0) is 13.0. The summed E-state index contributed by atoms with van der Waals surface area (Å²) in [4.78, 5) is 8.43. The van der Waals surface area contributed by atoms with Gasteiger partial charge in [0.25, 0.3) is 0 Å². The summed E-state index contributed by atoms with van der Waals surface area (Å²) in [5, 5.41) is 15.1. The van der Waals surface area contributed by atoms with E-state index in [0.29, 0.717) is 17.3 Å². The number of nitrogens with one attached hydrogen (secondary N) is 2. The number of para-hydroxylation sites is 1. The largest absolute Gasteiger partial charge is 0.357 e. The van der Waals surface area contributed by atoms with E-state index in [9.17, 15) is 0 Å². The quantitative estimate of drug-likeness (QED) is 0.860. The van der Waals surface area contributed by atoms with Crippen LogP contribution in [0.5, 0.6) is 0 Å². The summed E-state index contributed by atoms with van der Waals surface area (Å²) in [6.07, 6.45) is 1.73. The van der Waals surface area contributed by atoms with Gasteiger partial charge in [-0.25, -0.2) is 4.98 Å². The van der Waals surface area contributed by atoms with Gasteiger partial charge in [0, 0.05) is 18.8 Å². The normalized spacial score (nSPS) is 9.61. The van der Waals surface area contributed by atoms with Gasteiger partial charge in [-0.2, -0.15) is 10.2 Å². The third-order valence-electron chi connectivity index (χ3n) is 2.50. The fraction of sp³-hybridized carbons (Fsp3) is 0.154. The Morgan fingerprint density at radius 1 is 1.28 bits per heavy atom. The van der Waals surface area contributed by atoms with Crippen molar-refractivity contribution in [1.29, 1.82) is 5.26 Å². The van der Waals surface area contributed by atoms with Gasteiger partial charge in [0.1, 0.15) is 11.9 Å². The molecule has 2 rings (SSSR count). The summed E-state index contributed by atoms with van der Waals surface area (Å²) in [5.41, 5.74) is 2.24. The van der Waals surface area contributed by atoms with Gasteiger partial charge in [0.05, 0.1) is 11.3 Å². The molecule has 0 radical (unpaired) electrons. The van der Waals surface area contributed by atoms with Crippen molar-refractivity contribution in [3.63, 3.8) is 0 Å². The van der Waals surface area contributed by atoms with Gasteiger partial charge in [-0.15, -0.1) is 0 Å². The van der Waals surface area contributed by atoms with Crippen LogP contribution in [0.15, 0.2) is 30.5 Å². The van der Waals surface area contributed by atoms with Gasteiger partial charge in [-0.3, -0.25) is 0 Å². The monoisotopic (exact) mass is 239 g/mol. The number of hydrogen-bond donors (Lipinski definition) is 2. The summed E-state index contributed by atoms with van der Waals surface area (Å²) in [6.45, 7) is 1.91. The van der Waals surface area contributed by atoms with E-state index in [2.05, 4.69) is 26.7 Å². The summed E-state index contributed by atoms with van der Waals surface area (Å²) in [5.74, 6) is 1.23. The highest BCUT2D eigenvalue weighted by Crippen LogP contribution is 2.21. The zero-order valence-electron chi connectivity index (χ0n) is 10.2. The van der Waals surface area contributed by atoms with Crippen LogP contribution in [-0.4, -0.2) is 17.0 Å². The van der Waals surface area contributed by atoms with Crippen molar-refractivity contribution in [2.45, 2.75) is 6.92 Å². The van der Waals surface area contributed by atoms with Crippen LogP contribution in [0.4, 0.5) is 17.5 Å². The van der Waals surface area contributed by atoms with Crippen molar-refractivity contribution in [1.82, 2.24) is 9.97 Å². The van der Waals surface area contributed by atoms with Gasteiger partial charge >= 0.3 is 0 Å². The summed E-state index contributed by atoms with van der Waals surface area (Å²) in [6, 6.07) is 9.45. The van der Waals surface area contributed by atoms with E-state index in [-0.39, 0.29) is 0 Å². The lowest BCUT2D eigenvalue weighted by molar-refractivity contribution is 1.12. The molecule has 0 bridgehead atoms. The molecule has 0 atom stereocenters. The minimum Gasteiger partial charge on any atom is -0.357 e. The standard InChI is InChI=1S/C13H13N5/c1-9-8-16-13(15-2)18-12(9)17-11-6-4-3-5-10(11)7-14/h3-6,8H,1-2H3,(H2,15,16,17,18). The van der Waals surface area contributed by atoms with Crippen molar-refractivity contribution in [2.24, 2.45) is 0 Å². The molecule has 5 heteroatoms. The first kappa shape index (κ1) is 11.9. The number of nitrogens with zero attached hydrogens (tertiary/aromatic N) is 3. The maximum Gasteiger partial charge on any atom is 0.224 e. The molecular weight excluding hydrogens is 226 g/mol. The zero-order valence-corrected chi connectivity index (χ0v) is 10.2. The van der Waals surface area contributed by atoms with Gasteiger partial charge in [-0.1, -0.05) is 12.1 Å². The molecule has 0 unspecified atom stereocenters. The number of hydrogen-bond acceptors (Lipinski definition) is 5. The van der Waals surface area contributed by atoms with Gasteiger partial charge in [0.2, 0.25) is 5.95 Å². The topological polar surface area (TPSA) is 73.6 Å². The Morgan fingerprint density at radius 3 is 2.78 bits per heavy atom. The third kappa shape index (κ3) is 2.38. The second kappa shape index (κ2) is 5.15. The van der Waals surface area contributed by atoms with E-state index in [1.807, 2.05) is 25.1 Å². The molecule has 0 amide bonds. The molecule has 90 valence electrons. The van der Waals surface area contributed by atoms with E-state index in [4.69, 9.17) is 5.26 Å². The smallest absolute Gasteiger partial charge is 0.224 e. The number of benzene rings is 1. The highest BCUT2D eigenvalue weighted by Gasteiger charge is 2.06. The predicted octanol–water partition coefficient (Wildman–Crippen LogP) is 2.44. The average molecular weight is 239 g/mol. The van der Waals surface area contributed by atoms with E-state index < -0.39 is 0 Å². The minimum absolute atomic E-state index is 0.539. The molecule has 1 heterocycles. The molecule has 5 nitrogen and oxygen atoms in total. The molecule has 1 aromatic carbocycles. The SMILES string of the molecule is CNc1ncc(C)c(Nc2ccccc2C#N)n1. The Kier molecular flexibility index (Phi) is 3.39. The van der Waals surface area contributed by atoms with Crippen LogP contribution in [0.1, 0.15) is 11.1 Å². The second-order valence-electron chi connectivity index (χ2n) is 3.76. The van der Waals surface area contributed by atoms with Gasteiger partial charge < -0.3 is 10.6 Å². The van der Waals surface area contributed by atoms with Crippen molar-refractivity contribution < 1.29 is 0 Å². The lowest BCUT2D eigenvalue weighted by Gasteiger charge is -2.10. The lowest BCUT2D eigenvalue weighted by atomic mass is 10.2. The summed E-state index contributed by atoms with van der Waals surface area (Å²) in [7, 11) is 1.76. The molecule has 0 aliphatic carbocycles. The Labute approximate surface area is 106 Å². The minimum atomic E-state index is 0.539. The molecule has 18 heavy (non-hydrogen) atoms. The fourth-order valence-corrected chi connectivity index (χ4v) is 1.51. The molecule has 2 N–H and O–H groups in total. The second-order valence-corrected chi connectivity index (χ2v) is 3.76. The van der Waals surface area contributed by atoms with Crippen molar-refractivity contribution in [3.05, 3.63) is 41.6 Å². The first-order chi connectivity index (χ1) is 8.74. The molecule has 0 fully saturated rings. The number of rotatable bonds is 3. The maximum atomic E-state index is 9.03. The molecule has 0 aliphatic rings.